The van der Waals surface area contributed by atoms with Gasteiger partial charge in [-0.3, -0.25) is 9.69 Å². The van der Waals surface area contributed by atoms with Crippen LogP contribution in [0.4, 0.5) is 0 Å². The van der Waals surface area contributed by atoms with Crippen molar-refractivity contribution >= 4 is 11.6 Å². The van der Waals surface area contributed by atoms with Gasteiger partial charge in [0.15, 0.2) is 0 Å². The first kappa shape index (κ1) is 15.6. The quantitative estimate of drug-likeness (QED) is 0.870. The SMILES string of the molecule is CC(=O)N1CCC[C@@H]1[C@@H]1CCCN1Cc1cn2cccc(C)c2n1. The van der Waals surface area contributed by atoms with Crippen LogP contribution in [-0.4, -0.2) is 50.3 Å². The van der Waals surface area contributed by atoms with Crippen LogP contribution >= 0.6 is 0 Å². The third-order valence-electron chi connectivity index (χ3n) is 5.65. The minimum atomic E-state index is 0.229. The Labute approximate surface area is 143 Å². The molecule has 0 bridgehead atoms. The fourth-order valence-electron chi connectivity index (χ4n) is 4.56. The lowest BCUT2D eigenvalue weighted by molar-refractivity contribution is -0.130. The predicted molar refractivity (Wildman–Crippen MR) is 93.8 cm³/mol. The lowest BCUT2D eigenvalue weighted by Gasteiger charge is -2.34. The van der Waals surface area contributed by atoms with Gasteiger partial charge in [-0.2, -0.15) is 0 Å². The molecule has 0 saturated carbocycles. The highest BCUT2D eigenvalue weighted by molar-refractivity contribution is 5.74. The topological polar surface area (TPSA) is 40.9 Å². The van der Waals surface area contributed by atoms with Crippen LogP contribution in [0, 0.1) is 6.92 Å². The standard InChI is InChI=1S/C19H26N4O/c1-14-6-3-10-22-13-16(20-19(14)22)12-21-9-4-7-17(21)18-8-5-11-23(18)15(2)24/h3,6,10,13,17-18H,4-5,7-9,11-12H2,1-2H3/t17-,18+/m0/s1. The van der Waals surface area contributed by atoms with Crippen molar-refractivity contribution in [1.82, 2.24) is 19.2 Å². The average Bonchev–Trinajstić information content (AvgIpc) is 3.25. The largest absolute Gasteiger partial charge is 0.338 e. The molecule has 5 heteroatoms. The number of amides is 1. The zero-order valence-corrected chi connectivity index (χ0v) is 14.6. The Morgan fingerprint density at radius 3 is 2.83 bits per heavy atom. The van der Waals surface area contributed by atoms with E-state index in [2.05, 4.69) is 45.7 Å². The Balaban J connectivity index is 1.54. The molecule has 0 unspecified atom stereocenters. The van der Waals surface area contributed by atoms with Crippen LogP contribution in [0.5, 0.6) is 0 Å². The summed E-state index contributed by atoms with van der Waals surface area (Å²) in [5.74, 6) is 0.229. The number of likely N-dealkylation sites (tertiary alicyclic amines) is 2. The molecule has 24 heavy (non-hydrogen) atoms. The van der Waals surface area contributed by atoms with Crippen molar-refractivity contribution in [1.29, 1.82) is 0 Å². The van der Waals surface area contributed by atoms with Crippen LogP contribution in [0.15, 0.2) is 24.5 Å². The van der Waals surface area contributed by atoms with E-state index in [0.29, 0.717) is 12.1 Å². The highest BCUT2D eigenvalue weighted by Gasteiger charge is 2.38. The van der Waals surface area contributed by atoms with E-state index in [1.807, 2.05) is 0 Å². The molecular formula is C19H26N4O. The van der Waals surface area contributed by atoms with Crippen molar-refractivity contribution in [3.8, 4) is 0 Å². The van der Waals surface area contributed by atoms with E-state index in [1.54, 1.807) is 6.92 Å². The first-order valence-corrected chi connectivity index (χ1v) is 9.08. The number of carbonyl (C=O) groups is 1. The highest BCUT2D eigenvalue weighted by Crippen LogP contribution is 2.31. The molecule has 4 rings (SSSR count). The van der Waals surface area contributed by atoms with E-state index in [0.717, 1.165) is 43.8 Å². The van der Waals surface area contributed by atoms with Crippen molar-refractivity contribution in [2.45, 2.75) is 58.2 Å². The normalized spacial score (nSPS) is 25.0. The predicted octanol–water partition coefficient (Wildman–Crippen LogP) is 2.62. The van der Waals surface area contributed by atoms with E-state index in [4.69, 9.17) is 4.98 Å². The van der Waals surface area contributed by atoms with E-state index < -0.39 is 0 Å². The Bertz CT molecular complexity index is 753. The molecule has 0 N–H and O–H groups in total. The van der Waals surface area contributed by atoms with Gasteiger partial charge in [0.2, 0.25) is 5.91 Å². The van der Waals surface area contributed by atoms with Gasteiger partial charge in [-0.25, -0.2) is 4.98 Å². The Morgan fingerprint density at radius 2 is 2.04 bits per heavy atom. The number of hydrogen-bond donors (Lipinski definition) is 0. The fraction of sp³-hybridized carbons (Fsp3) is 0.579. The molecule has 2 fully saturated rings. The zero-order chi connectivity index (χ0) is 16.7. The van der Waals surface area contributed by atoms with Gasteiger partial charge >= 0.3 is 0 Å². The van der Waals surface area contributed by atoms with E-state index >= 15 is 0 Å². The van der Waals surface area contributed by atoms with Crippen molar-refractivity contribution in [3.63, 3.8) is 0 Å². The summed E-state index contributed by atoms with van der Waals surface area (Å²) in [6.45, 7) is 6.74. The number of aryl methyl sites for hydroxylation is 1. The molecule has 2 aliphatic heterocycles. The number of fused-ring (bicyclic) bond motifs is 1. The van der Waals surface area contributed by atoms with Crippen LogP contribution < -0.4 is 0 Å². The van der Waals surface area contributed by atoms with Gasteiger partial charge in [-0.05, 0) is 50.8 Å². The average molecular weight is 326 g/mol. The zero-order valence-electron chi connectivity index (χ0n) is 14.6. The van der Waals surface area contributed by atoms with Gasteiger partial charge in [0, 0.05) is 44.5 Å². The van der Waals surface area contributed by atoms with Crippen LogP contribution in [0.3, 0.4) is 0 Å². The second kappa shape index (κ2) is 6.20. The van der Waals surface area contributed by atoms with E-state index in [1.165, 1.54) is 18.4 Å². The second-order valence-electron chi connectivity index (χ2n) is 7.26. The number of nitrogens with zero attached hydrogens (tertiary/aromatic N) is 4. The van der Waals surface area contributed by atoms with E-state index in [-0.39, 0.29) is 5.91 Å². The number of rotatable bonds is 3. The van der Waals surface area contributed by atoms with Gasteiger partial charge in [0.05, 0.1) is 5.69 Å². The van der Waals surface area contributed by atoms with Crippen molar-refractivity contribution in [2.24, 2.45) is 0 Å². The molecule has 2 aliphatic rings. The molecule has 0 aliphatic carbocycles. The summed E-state index contributed by atoms with van der Waals surface area (Å²) in [5.41, 5.74) is 3.39. The van der Waals surface area contributed by atoms with Gasteiger partial charge < -0.3 is 9.30 Å². The van der Waals surface area contributed by atoms with Crippen molar-refractivity contribution < 1.29 is 4.79 Å². The molecular weight excluding hydrogens is 300 g/mol. The molecule has 2 aromatic rings. The number of imidazole rings is 1. The molecule has 0 aromatic carbocycles. The van der Waals surface area contributed by atoms with Crippen molar-refractivity contribution in [3.05, 3.63) is 35.8 Å². The molecule has 2 aromatic heterocycles. The minimum absolute atomic E-state index is 0.229. The fourth-order valence-corrected chi connectivity index (χ4v) is 4.56. The Kier molecular flexibility index (Phi) is 4.04. The van der Waals surface area contributed by atoms with E-state index in [9.17, 15) is 4.79 Å². The molecule has 5 nitrogen and oxygen atoms in total. The number of carbonyl (C=O) groups excluding carboxylic acids is 1. The Morgan fingerprint density at radius 1 is 1.25 bits per heavy atom. The summed E-state index contributed by atoms with van der Waals surface area (Å²) in [6.07, 6.45) is 8.91. The lowest BCUT2D eigenvalue weighted by Crippen LogP contribution is -2.47. The van der Waals surface area contributed by atoms with Gasteiger partial charge in [0.1, 0.15) is 5.65 Å². The van der Waals surface area contributed by atoms with Crippen LogP contribution in [0.2, 0.25) is 0 Å². The van der Waals surface area contributed by atoms with Crippen molar-refractivity contribution in [2.75, 3.05) is 13.1 Å². The number of aromatic nitrogens is 2. The smallest absolute Gasteiger partial charge is 0.219 e. The maximum absolute atomic E-state index is 11.9. The maximum atomic E-state index is 11.9. The summed E-state index contributed by atoms with van der Waals surface area (Å²) in [6, 6.07) is 5.05. The molecule has 1 amide bonds. The molecule has 2 atom stereocenters. The first-order valence-electron chi connectivity index (χ1n) is 9.08. The molecule has 0 radical (unpaired) electrons. The monoisotopic (exact) mass is 326 g/mol. The van der Waals surface area contributed by atoms with Crippen LogP contribution in [0.1, 0.15) is 43.9 Å². The Hall–Kier alpha value is -1.88. The maximum Gasteiger partial charge on any atom is 0.219 e. The number of pyridine rings is 1. The summed E-state index contributed by atoms with van der Waals surface area (Å²) in [4.78, 5) is 21.4. The summed E-state index contributed by atoms with van der Waals surface area (Å²) >= 11 is 0. The second-order valence-corrected chi connectivity index (χ2v) is 7.26. The third kappa shape index (κ3) is 2.71. The molecule has 2 saturated heterocycles. The molecule has 0 spiro atoms. The van der Waals surface area contributed by atoms with Gasteiger partial charge in [-0.15, -0.1) is 0 Å². The van der Waals surface area contributed by atoms with Crippen LogP contribution in [-0.2, 0) is 11.3 Å². The highest BCUT2D eigenvalue weighted by atomic mass is 16.2. The summed E-state index contributed by atoms with van der Waals surface area (Å²) < 4.78 is 2.12. The molecule has 128 valence electrons. The first-order chi connectivity index (χ1) is 11.6. The van der Waals surface area contributed by atoms with Crippen LogP contribution in [0.25, 0.3) is 5.65 Å². The molecule has 4 heterocycles. The summed E-state index contributed by atoms with van der Waals surface area (Å²) in [7, 11) is 0. The third-order valence-corrected chi connectivity index (χ3v) is 5.65. The van der Waals surface area contributed by atoms with Gasteiger partial charge in [-0.1, -0.05) is 6.07 Å². The minimum Gasteiger partial charge on any atom is -0.338 e. The summed E-state index contributed by atoms with van der Waals surface area (Å²) in [5, 5.41) is 0. The lowest BCUT2D eigenvalue weighted by atomic mass is 10.0. The number of hydrogen-bond acceptors (Lipinski definition) is 3. The van der Waals surface area contributed by atoms with Gasteiger partial charge in [0.25, 0.3) is 0 Å².